The van der Waals surface area contributed by atoms with Gasteiger partial charge in [-0.3, -0.25) is 4.90 Å². The van der Waals surface area contributed by atoms with Gasteiger partial charge in [0.15, 0.2) is 0 Å². The highest BCUT2D eigenvalue weighted by Gasteiger charge is 2.35. The molecule has 1 aromatic heterocycles. The normalized spacial score (nSPS) is 29.5. The van der Waals surface area contributed by atoms with E-state index in [9.17, 15) is 0 Å². The molecular formula is C12H21N5. The molecule has 17 heavy (non-hydrogen) atoms. The molecule has 1 aromatic rings. The van der Waals surface area contributed by atoms with Gasteiger partial charge in [0.1, 0.15) is 12.2 Å². The quantitative estimate of drug-likeness (QED) is 0.828. The van der Waals surface area contributed by atoms with E-state index in [0.717, 1.165) is 31.4 Å². The fraction of sp³-hybridized carbons (Fsp3) is 0.833. The van der Waals surface area contributed by atoms with Crippen LogP contribution in [0.5, 0.6) is 0 Å². The lowest BCUT2D eigenvalue weighted by Gasteiger charge is -2.36. The predicted molar refractivity (Wildman–Crippen MR) is 65.5 cm³/mol. The van der Waals surface area contributed by atoms with Crippen molar-refractivity contribution in [2.75, 3.05) is 19.6 Å². The zero-order valence-corrected chi connectivity index (χ0v) is 10.5. The number of aromatic nitrogens is 3. The van der Waals surface area contributed by atoms with Gasteiger partial charge in [-0.15, -0.1) is 0 Å². The van der Waals surface area contributed by atoms with Gasteiger partial charge in [-0.25, -0.2) is 9.67 Å². The summed E-state index contributed by atoms with van der Waals surface area (Å²) in [5, 5.41) is 7.77. The van der Waals surface area contributed by atoms with E-state index < -0.39 is 0 Å². The van der Waals surface area contributed by atoms with E-state index in [2.05, 4.69) is 27.2 Å². The summed E-state index contributed by atoms with van der Waals surface area (Å²) < 4.78 is 2.01. The van der Waals surface area contributed by atoms with Crippen LogP contribution in [0.1, 0.15) is 25.6 Å². The van der Waals surface area contributed by atoms with E-state index in [0.29, 0.717) is 6.04 Å². The molecule has 0 aliphatic carbocycles. The Morgan fingerprint density at radius 2 is 2.41 bits per heavy atom. The van der Waals surface area contributed by atoms with E-state index in [1.54, 1.807) is 6.33 Å². The van der Waals surface area contributed by atoms with Crippen molar-refractivity contribution in [1.29, 1.82) is 0 Å². The van der Waals surface area contributed by atoms with Crippen molar-refractivity contribution in [3.8, 4) is 0 Å². The van der Waals surface area contributed by atoms with Crippen molar-refractivity contribution in [1.82, 2.24) is 25.0 Å². The predicted octanol–water partition coefficient (Wildman–Crippen LogP) is 0.482. The van der Waals surface area contributed by atoms with Crippen molar-refractivity contribution in [3.63, 3.8) is 0 Å². The van der Waals surface area contributed by atoms with Crippen molar-refractivity contribution < 1.29 is 0 Å². The molecule has 0 bridgehead atoms. The minimum Gasteiger partial charge on any atom is -0.315 e. The summed E-state index contributed by atoms with van der Waals surface area (Å²) >= 11 is 0. The Kier molecular flexibility index (Phi) is 3.11. The first kappa shape index (κ1) is 11.2. The van der Waals surface area contributed by atoms with Gasteiger partial charge in [-0.1, -0.05) is 0 Å². The fourth-order valence-corrected chi connectivity index (χ4v) is 3.22. The van der Waals surface area contributed by atoms with Gasteiger partial charge in [0, 0.05) is 19.1 Å². The maximum atomic E-state index is 4.39. The summed E-state index contributed by atoms with van der Waals surface area (Å²) in [6, 6.07) is 0.714. The van der Waals surface area contributed by atoms with Crippen LogP contribution in [0.3, 0.4) is 0 Å². The van der Waals surface area contributed by atoms with E-state index >= 15 is 0 Å². The fourth-order valence-electron chi connectivity index (χ4n) is 3.22. The molecular weight excluding hydrogens is 214 g/mol. The van der Waals surface area contributed by atoms with Crippen LogP contribution >= 0.6 is 0 Å². The lowest BCUT2D eigenvalue weighted by molar-refractivity contribution is 0.113. The molecule has 0 radical (unpaired) electrons. The third kappa shape index (κ3) is 2.09. The molecule has 2 unspecified atom stereocenters. The summed E-state index contributed by atoms with van der Waals surface area (Å²) in [6.07, 6.45) is 4.38. The standard InChI is InChI=1S/C12H21N5/c1-2-17-12(14-9-15-17)8-16-5-3-4-10-6-13-7-11(10)16/h9-11,13H,2-8H2,1H3. The van der Waals surface area contributed by atoms with Gasteiger partial charge in [-0.2, -0.15) is 5.10 Å². The molecule has 5 heteroatoms. The highest BCUT2D eigenvalue weighted by atomic mass is 15.4. The number of piperidine rings is 1. The SMILES string of the molecule is CCn1ncnc1CN1CCCC2CNCC21. The Morgan fingerprint density at radius 1 is 1.47 bits per heavy atom. The molecule has 0 spiro atoms. The number of hydrogen-bond acceptors (Lipinski definition) is 4. The van der Waals surface area contributed by atoms with Crippen LogP contribution in [0.4, 0.5) is 0 Å². The third-order valence-electron chi connectivity index (χ3n) is 4.13. The van der Waals surface area contributed by atoms with Crippen LogP contribution < -0.4 is 5.32 Å². The Hall–Kier alpha value is -0.940. The van der Waals surface area contributed by atoms with Crippen molar-refractivity contribution in [2.45, 2.75) is 38.9 Å². The van der Waals surface area contributed by atoms with Crippen LogP contribution in [-0.4, -0.2) is 45.3 Å². The zero-order valence-electron chi connectivity index (χ0n) is 10.5. The monoisotopic (exact) mass is 235 g/mol. The summed E-state index contributed by atoms with van der Waals surface area (Å²) in [5.41, 5.74) is 0. The Labute approximate surface area is 102 Å². The molecule has 2 aliphatic rings. The number of fused-ring (bicyclic) bond motifs is 1. The molecule has 2 aliphatic heterocycles. The van der Waals surface area contributed by atoms with Gasteiger partial charge in [-0.05, 0) is 38.8 Å². The first-order chi connectivity index (χ1) is 8.38. The summed E-state index contributed by atoms with van der Waals surface area (Å²) in [6.45, 7) is 7.53. The number of aryl methyl sites for hydroxylation is 1. The van der Waals surface area contributed by atoms with Crippen molar-refractivity contribution in [2.24, 2.45) is 5.92 Å². The minimum absolute atomic E-state index is 0.714. The smallest absolute Gasteiger partial charge is 0.141 e. The van der Waals surface area contributed by atoms with Crippen LogP contribution in [-0.2, 0) is 13.1 Å². The van der Waals surface area contributed by atoms with Gasteiger partial charge in [0.05, 0.1) is 6.54 Å². The van der Waals surface area contributed by atoms with E-state index in [-0.39, 0.29) is 0 Å². The van der Waals surface area contributed by atoms with Gasteiger partial charge >= 0.3 is 0 Å². The molecule has 5 nitrogen and oxygen atoms in total. The summed E-state index contributed by atoms with van der Waals surface area (Å²) in [7, 11) is 0. The summed E-state index contributed by atoms with van der Waals surface area (Å²) in [4.78, 5) is 6.97. The number of nitrogens with zero attached hydrogens (tertiary/aromatic N) is 4. The first-order valence-corrected chi connectivity index (χ1v) is 6.70. The van der Waals surface area contributed by atoms with E-state index in [1.165, 1.54) is 25.9 Å². The lowest BCUT2D eigenvalue weighted by Crippen LogP contribution is -2.44. The Balaban J connectivity index is 1.71. The second-order valence-electron chi connectivity index (χ2n) is 5.09. The number of nitrogens with one attached hydrogen (secondary N) is 1. The molecule has 3 rings (SSSR count). The topological polar surface area (TPSA) is 46.0 Å². The Morgan fingerprint density at radius 3 is 3.29 bits per heavy atom. The van der Waals surface area contributed by atoms with E-state index in [4.69, 9.17) is 0 Å². The highest BCUT2D eigenvalue weighted by Crippen LogP contribution is 2.27. The molecule has 2 fully saturated rings. The second kappa shape index (κ2) is 4.74. The molecule has 2 atom stereocenters. The second-order valence-corrected chi connectivity index (χ2v) is 5.09. The number of likely N-dealkylation sites (tertiary alicyclic amines) is 1. The average Bonchev–Trinajstić information content (AvgIpc) is 2.97. The van der Waals surface area contributed by atoms with Crippen molar-refractivity contribution in [3.05, 3.63) is 12.2 Å². The lowest BCUT2D eigenvalue weighted by atomic mass is 9.92. The van der Waals surface area contributed by atoms with E-state index in [1.807, 2.05) is 4.68 Å². The largest absolute Gasteiger partial charge is 0.315 e. The van der Waals surface area contributed by atoms with Gasteiger partial charge in [0.2, 0.25) is 0 Å². The van der Waals surface area contributed by atoms with Crippen LogP contribution in [0.2, 0.25) is 0 Å². The minimum atomic E-state index is 0.714. The van der Waals surface area contributed by atoms with Crippen molar-refractivity contribution >= 4 is 0 Å². The first-order valence-electron chi connectivity index (χ1n) is 6.70. The van der Waals surface area contributed by atoms with Gasteiger partial charge < -0.3 is 5.32 Å². The highest BCUT2D eigenvalue weighted by molar-refractivity contribution is 4.95. The van der Waals surface area contributed by atoms with Crippen LogP contribution in [0, 0.1) is 5.92 Å². The molecule has 0 saturated carbocycles. The average molecular weight is 235 g/mol. The number of hydrogen-bond donors (Lipinski definition) is 1. The zero-order chi connectivity index (χ0) is 11.7. The third-order valence-corrected chi connectivity index (χ3v) is 4.13. The van der Waals surface area contributed by atoms with Crippen LogP contribution in [0.15, 0.2) is 6.33 Å². The molecule has 0 aromatic carbocycles. The van der Waals surface area contributed by atoms with Crippen LogP contribution in [0.25, 0.3) is 0 Å². The maximum Gasteiger partial charge on any atom is 0.141 e. The molecule has 1 N–H and O–H groups in total. The molecule has 3 heterocycles. The Bertz CT molecular complexity index is 375. The summed E-state index contributed by atoms with van der Waals surface area (Å²) in [5.74, 6) is 1.96. The number of rotatable bonds is 3. The molecule has 94 valence electrons. The maximum absolute atomic E-state index is 4.39. The molecule has 2 saturated heterocycles. The van der Waals surface area contributed by atoms with Gasteiger partial charge in [0.25, 0.3) is 0 Å². The molecule has 0 amide bonds.